The number of hydrogen-bond acceptors (Lipinski definition) is 6. The number of rotatable bonds is 4. The maximum atomic E-state index is 12.4. The molecule has 4 N–H and O–H groups in total. The van der Waals surface area contributed by atoms with Gasteiger partial charge in [0.2, 0.25) is 5.88 Å². The molecule has 0 unspecified atom stereocenters. The van der Waals surface area contributed by atoms with Crippen LogP contribution in [-0.4, -0.2) is 22.1 Å². The molecule has 1 aliphatic heterocycles. The van der Waals surface area contributed by atoms with Crippen LogP contribution in [0.2, 0.25) is 10.0 Å². The van der Waals surface area contributed by atoms with E-state index in [2.05, 4.69) is 27.2 Å². The Bertz CT molecular complexity index is 1190. The Balaban J connectivity index is 1.45. The van der Waals surface area contributed by atoms with Crippen LogP contribution >= 0.6 is 23.2 Å². The largest absolute Gasteiger partial charge is 0.434 e. The van der Waals surface area contributed by atoms with Crippen LogP contribution in [0.15, 0.2) is 40.4 Å². The number of halogens is 2. The highest BCUT2D eigenvalue weighted by atomic mass is 35.5. The Kier molecular flexibility index (Phi) is 4.49. The van der Waals surface area contributed by atoms with Gasteiger partial charge in [0.15, 0.2) is 11.6 Å². The third-order valence-electron chi connectivity index (χ3n) is 6.14. The molecule has 4 aliphatic rings. The lowest BCUT2D eigenvalue weighted by molar-refractivity contribution is 0.239. The van der Waals surface area contributed by atoms with Crippen LogP contribution in [0.25, 0.3) is 0 Å². The molecule has 3 aliphatic carbocycles. The lowest BCUT2D eigenvalue weighted by Gasteiger charge is -2.38. The van der Waals surface area contributed by atoms with Crippen molar-refractivity contribution in [1.82, 2.24) is 15.5 Å². The van der Waals surface area contributed by atoms with E-state index in [0.29, 0.717) is 11.5 Å². The number of hydrazone groups is 1. The smallest absolute Gasteiger partial charge is 0.347 e. The van der Waals surface area contributed by atoms with Crippen LogP contribution in [0.4, 0.5) is 10.5 Å². The second-order valence-corrected chi connectivity index (χ2v) is 8.90. The van der Waals surface area contributed by atoms with E-state index in [0.717, 1.165) is 30.7 Å². The van der Waals surface area contributed by atoms with Crippen molar-refractivity contribution < 1.29 is 9.53 Å². The number of anilines is 1. The van der Waals surface area contributed by atoms with E-state index >= 15 is 0 Å². The van der Waals surface area contributed by atoms with Gasteiger partial charge < -0.3 is 15.8 Å². The summed E-state index contributed by atoms with van der Waals surface area (Å²) in [5.41, 5.74) is 6.63. The zero-order chi connectivity index (χ0) is 21.9. The summed E-state index contributed by atoms with van der Waals surface area (Å²) in [7, 11) is 0. The van der Waals surface area contributed by atoms with E-state index in [9.17, 15) is 9.59 Å². The number of H-pyrrole nitrogens is 1. The Morgan fingerprint density at radius 3 is 2.58 bits per heavy atom. The van der Waals surface area contributed by atoms with Crippen LogP contribution in [0, 0.1) is 5.92 Å². The summed E-state index contributed by atoms with van der Waals surface area (Å²) < 4.78 is 5.83. The van der Waals surface area contributed by atoms with Gasteiger partial charge in [0.25, 0.3) is 5.56 Å². The Labute approximate surface area is 186 Å². The normalized spacial score (nSPS) is 24.5. The van der Waals surface area contributed by atoms with Crippen LogP contribution in [-0.2, 0) is 5.41 Å². The SMILES string of the molecule is C=C1NC(=O)N(c2cc(Cl)c(Oc3cc(C45CCC(C4)C5)c(=O)[nH]n3)c(Cl)c2)N=C1N. The summed E-state index contributed by atoms with van der Waals surface area (Å²) in [5.74, 6) is 1.09. The average Bonchev–Trinajstić information content (AvgIpc) is 3.30. The molecule has 2 bridgehead atoms. The van der Waals surface area contributed by atoms with Gasteiger partial charge in [0.05, 0.1) is 21.4 Å². The predicted octanol–water partition coefficient (Wildman–Crippen LogP) is 3.63. The van der Waals surface area contributed by atoms with Crippen molar-refractivity contribution in [2.75, 3.05) is 5.01 Å². The minimum absolute atomic E-state index is 0.0571. The highest BCUT2D eigenvalue weighted by Gasteiger charge is 2.52. The molecule has 31 heavy (non-hydrogen) atoms. The van der Waals surface area contributed by atoms with Gasteiger partial charge in [0.1, 0.15) is 0 Å². The maximum absolute atomic E-state index is 12.4. The number of nitrogens with two attached hydrogens (primary N) is 1. The number of benzene rings is 1. The molecule has 3 fully saturated rings. The number of amides is 2. The molecule has 1 aromatic carbocycles. The summed E-state index contributed by atoms with van der Waals surface area (Å²) >= 11 is 12.8. The Hall–Kier alpha value is -3.04. The molecular weight excluding hydrogens is 443 g/mol. The zero-order valence-electron chi connectivity index (χ0n) is 16.2. The molecule has 2 heterocycles. The van der Waals surface area contributed by atoms with Crippen LogP contribution < -0.4 is 26.4 Å². The number of aromatic nitrogens is 2. The maximum Gasteiger partial charge on any atom is 0.347 e. The van der Waals surface area contributed by atoms with Crippen molar-refractivity contribution in [3.63, 3.8) is 0 Å². The van der Waals surface area contributed by atoms with E-state index in [1.54, 1.807) is 6.07 Å². The van der Waals surface area contributed by atoms with Gasteiger partial charge >= 0.3 is 6.03 Å². The standard InChI is InChI=1S/C20H18Cl2N6O3/c1-9-17(23)27-28(19(30)24-9)11-4-13(21)16(14(22)5-11)31-15-6-12(18(29)26-25-15)20-3-2-10(7-20)8-20/h4-6,10H,1-3,7-8H2,(H2,23,27)(H,24,30)(H,26,29). The summed E-state index contributed by atoms with van der Waals surface area (Å²) in [4.78, 5) is 24.6. The molecule has 160 valence electrons. The number of nitrogens with one attached hydrogen (secondary N) is 2. The van der Waals surface area contributed by atoms with Crippen molar-refractivity contribution >= 4 is 40.8 Å². The number of hydrogen-bond donors (Lipinski definition) is 3. The first-order valence-electron chi connectivity index (χ1n) is 9.67. The fourth-order valence-corrected chi connectivity index (χ4v) is 5.18. The van der Waals surface area contributed by atoms with Crippen molar-refractivity contribution in [3.05, 3.63) is 56.4 Å². The van der Waals surface area contributed by atoms with Gasteiger partial charge in [-0.25, -0.2) is 9.89 Å². The molecule has 0 spiro atoms. The number of fused-ring (bicyclic) bond motifs is 1. The minimum Gasteiger partial charge on any atom is -0.434 e. The van der Waals surface area contributed by atoms with Crippen molar-refractivity contribution in [1.29, 1.82) is 0 Å². The monoisotopic (exact) mass is 460 g/mol. The first-order chi connectivity index (χ1) is 14.8. The Morgan fingerprint density at radius 1 is 1.23 bits per heavy atom. The van der Waals surface area contributed by atoms with E-state index in [1.165, 1.54) is 12.1 Å². The first kappa shape index (κ1) is 19.9. The summed E-state index contributed by atoms with van der Waals surface area (Å²) in [5, 5.41) is 14.3. The first-order valence-corrected chi connectivity index (χ1v) is 10.4. The fraction of sp³-hybridized carbons (Fsp3) is 0.300. The van der Waals surface area contributed by atoms with E-state index in [-0.39, 0.29) is 49.9 Å². The van der Waals surface area contributed by atoms with Crippen LogP contribution in [0.3, 0.4) is 0 Å². The molecule has 3 saturated carbocycles. The number of aromatic amines is 1. The predicted molar refractivity (Wildman–Crippen MR) is 117 cm³/mol. The molecule has 2 amide bonds. The fourth-order valence-electron chi connectivity index (χ4n) is 4.63. The lowest BCUT2D eigenvalue weighted by Crippen LogP contribution is -2.45. The van der Waals surface area contributed by atoms with Gasteiger partial charge in [-0.15, -0.1) is 10.2 Å². The molecule has 0 saturated heterocycles. The highest BCUT2D eigenvalue weighted by molar-refractivity contribution is 6.37. The van der Waals surface area contributed by atoms with Crippen LogP contribution in [0.5, 0.6) is 11.6 Å². The summed E-state index contributed by atoms with van der Waals surface area (Å²) in [6.07, 6.45) is 4.17. The zero-order valence-corrected chi connectivity index (χ0v) is 17.8. The summed E-state index contributed by atoms with van der Waals surface area (Å²) in [6.45, 7) is 3.60. The number of nitrogens with zero attached hydrogens (tertiary/aromatic N) is 3. The quantitative estimate of drug-likeness (QED) is 0.641. The topological polar surface area (TPSA) is 126 Å². The van der Waals surface area contributed by atoms with Crippen LogP contribution in [0.1, 0.15) is 31.2 Å². The number of urea groups is 1. The molecule has 6 rings (SSSR count). The molecule has 11 heteroatoms. The van der Waals surface area contributed by atoms with E-state index in [1.807, 2.05) is 0 Å². The molecule has 9 nitrogen and oxygen atoms in total. The van der Waals surface area contributed by atoms with Gasteiger partial charge in [-0.1, -0.05) is 29.8 Å². The van der Waals surface area contributed by atoms with Gasteiger partial charge in [-0.2, -0.15) is 5.01 Å². The van der Waals surface area contributed by atoms with Crippen molar-refractivity contribution in [2.45, 2.75) is 31.1 Å². The minimum atomic E-state index is -0.554. The molecule has 0 radical (unpaired) electrons. The molecule has 2 aromatic rings. The number of ether oxygens (including phenoxy) is 1. The van der Waals surface area contributed by atoms with Gasteiger partial charge in [0, 0.05) is 17.0 Å². The van der Waals surface area contributed by atoms with Crippen molar-refractivity contribution in [3.8, 4) is 11.6 Å². The van der Waals surface area contributed by atoms with E-state index in [4.69, 9.17) is 33.7 Å². The molecule has 1 aromatic heterocycles. The van der Waals surface area contributed by atoms with Gasteiger partial charge in [-0.05, 0) is 43.7 Å². The second kappa shape index (κ2) is 7.00. The second-order valence-electron chi connectivity index (χ2n) is 8.09. The third-order valence-corrected chi connectivity index (χ3v) is 6.70. The number of amidine groups is 1. The number of carbonyl (C=O) groups is 1. The molecule has 0 atom stereocenters. The van der Waals surface area contributed by atoms with Crippen molar-refractivity contribution in [2.24, 2.45) is 16.8 Å². The Morgan fingerprint density at radius 2 is 1.94 bits per heavy atom. The number of carbonyl (C=O) groups excluding carboxylic acids is 1. The highest BCUT2D eigenvalue weighted by Crippen LogP contribution is 2.59. The average molecular weight is 461 g/mol. The lowest BCUT2D eigenvalue weighted by atomic mass is 9.66. The molecular formula is C20H18Cl2N6O3. The third kappa shape index (κ3) is 3.24. The van der Waals surface area contributed by atoms with Gasteiger partial charge in [-0.3, -0.25) is 4.79 Å². The van der Waals surface area contributed by atoms with E-state index < -0.39 is 6.03 Å². The summed E-state index contributed by atoms with van der Waals surface area (Å²) in [6, 6.07) is 4.04.